The smallest absolute Gasteiger partial charge is 0.0530 e. The Kier molecular flexibility index (Phi) is 6.83. The first kappa shape index (κ1) is 14.4. The molecule has 0 aromatic carbocycles. The van der Waals surface area contributed by atoms with Gasteiger partial charge in [0.25, 0.3) is 0 Å². The summed E-state index contributed by atoms with van der Waals surface area (Å²) in [5.74, 6) is 1.80. The van der Waals surface area contributed by atoms with Crippen LogP contribution in [0.15, 0.2) is 0 Å². The van der Waals surface area contributed by atoms with Crippen LogP contribution in [0.1, 0.15) is 58.8 Å². The molecule has 2 heteroatoms. The minimum Gasteiger partial charge on any atom is -0.381 e. The number of hydrogen-bond acceptors (Lipinski definition) is 2. The van der Waals surface area contributed by atoms with E-state index in [1.54, 1.807) is 0 Å². The van der Waals surface area contributed by atoms with Crippen LogP contribution in [0.25, 0.3) is 0 Å². The lowest BCUT2D eigenvalue weighted by Crippen LogP contribution is -2.31. The molecule has 0 bridgehead atoms. The lowest BCUT2D eigenvalue weighted by Gasteiger charge is -2.35. The van der Waals surface area contributed by atoms with Crippen molar-refractivity contribution in [2.75, 3.05) is 19.0 Å². The molecule has 0 aromatic heterocycles. The highest BCUT2D eigenvalue weighted by atomic mass is 32.1. The van der Waals surface area contributed by atoms with Crippen LogP contribution in [0.3, 0.4) is 0 Å². The summed E-state index contributed by atoms with van der Waals surface area (Å²) in [6.07, 6.45) is 9.28. The van der Waals surface area contributed by atoms with E-state index in [1.165, 1.54) is 44.9 Å². The number of rotatable bonds is 7. The SMILES string of the molecule is CC(C)CCCOCC1(CS)CCCCC1. The van der Waals surface area contributed by atoms with E-state index in [9.17, 15) is 0 Å². The largest absolute Gasteiger partial charge is 0.381 e. The third-order valence-electron chi connectivity index (χ3n) is 3.73. The molecule has 0 aromatic rings. The van der Waals surface area contributed by atoms with Crippen molar-refractivity contribution in [3.63, 3.8) is 0 Å². The molecule has 1 aliphatic rings. The maximum absolute atomic E-state index is 5.87. The van der Waals surface area contributed by atoms with Crippen molar-refractivity contribution < 1.29 is 4.74 Å². The molecule has 0 atom stereocenters. The molecule has 16 heavy (non-hydrogen) atoms. The molecule has 96 valence electrons. The van der Waals surface area contributed by atoms with Crippen LogP contribution >= 0.6 is 12.6 Å². The van der Waals surface area contributed by atoms with E-state index in [-0.39, 0.29) is 0 Å². The average Bonchev–Trinajstić information content (AvgIpc) is 2.29. The molecular formula is C14H28OS. The first-order chi connectivity index (χ1) is 7.68. The summed E-state index contributed by atoms with van der Waals surface area (Å²) >= 11 is 4.53. The van der Waals surface area contributed by atoms with Crippen LogP contribution in [-0.2, 0) is 4.74 Å². The lowest BCUT2D eigenvalue weighted by molar-refractivity contribution is 0.0319. The van der Waals surface area contributed by atoms with Crippen molar-refractivity contribution in [2.45, 2.75) is 58.8 Å². The van der Waals surface area contributed by atoms with Crippen LogP contribution in [0.2, 0.25) is 0 Å². The van der Waals surface area contributed by atoms with Gasteiger partial charge in [0.2, 0.25) is 0 Å². The highest BCUT2D eigenvalue weighted by molar-refractivity contribution is 7.80. The van der Waals surface area contributed by atoms with Crippen LogP contribution < -0.4 is 0 Å². The standard InChI is InChI=1S/C14H28OS/c1-13(2)7-6-10-15-11-14(12-16)8-4-3-5-9-14/h13,16H,3-12H2,1-2H3. The zero-order valence-corrected chi connectivity index (χ0v) is 11.9. The van der Waals surface area contributed by atoms with Crippen molar-refractivity contribution in [1.29, 1.82) is 0 Å². The molecule has 1 rings (SSSR count). The van der Waals surface area contributed by atoms with E-state index < -0.39 is 0 Å². The van der Waals surface area contributed by atoms with Crippen molar-refractivity contribution in [3.8, 4) is 0 Å². The average molecular weight is 244 g/mol. The number of ether oxygens (including phenoxy) is 1. The van der Waals surface area contributed by atoms with Gasteiger partial charge in [0.1, 0.15) is 0 Å². The minimum atomic E-state index is 0.402. The maximum atomic E-state index is 5.87. The Hall–Kier alpha value is 0.310. The fourth-order valence-electron chi connectivity index (χ4n) is 2.53. The van der Waals surface area contributed by atoms with Gasteiger partial charge in [-0.15, -0.1) is 0 Å². The monoisotopic (exact) mass is 244 g/mol. The summed E-state index contributed by atoms with van der Waals surface area (Å²) in [5.41, 5.74) is 0.402. The Morgan fingerprint density at radius 2 is 1.88 bits per heavy atom. The van der Waals surface area contributed by atoms with Crippen molar-refractivity contribution >= 4 is 12.6 Å². The van der Waals surface area contributed by atoms with Crippen LogP contribution in [0, 0.1) is 11.3 Å². The number of hydrogen-bond donors (Lipinski definition) is 1. The topological polar surface area (TPSA) is 9.23 Å². The molecule has 0 saturated heterocycles. The summed E-state index contributed by atoms with van der Waals surface area (Å²) in [5, 5.41) is 0. The Bertz CT molecular complexity index is 174. The van der Waals surface area contributed by atoms with Gasteiger partial charge < -0.3 is 4.74 Å². The van der Waals surface area contributed by atoms with Crippen LogP contribution in [0.5, 0.6) is 0 Å². The zero-order chi connectivity index (χ0) is 11.9. The van der Waals surface area contributed by atoms with E-state index in [2.05, 4.69) is 26.5 Å². The third-order valence-corrected chi connectivity index (χ3v) is 4.40. The Morgan fingerprint density at radius 3 is 2.44 bits per heavy atom. The third kappa shape index (κ3) is 5.09. The predicted molar refractivity (Wildman–Crippen MR) is 74.3 cm³/mol. The molecule has 0 aliphatic heterocycles. The highest BCUT2D eigenvalue weighted by Crippen LogP contribution is 2.37. The van der Waals surface area contributed by atoms with Gasteiger partial charge in [0.15, 0.2) is 0 Å². The molecule has 0 radical (unpaired) electrons. The summed E-state index contributed by atoms with van der Waals surface area (Å²) in [7, 11) is 0. The van der Waals surface area contributed by atoms with Crippen molar-refractivity contribution in [2.24, 2.45) is 11.3 Å². The van der Waals surface area contributed by atoms with Gasteiger partial charge in [-0.2, -0.15) is 12.6 Å². The molecule has 0 unspecified atom stereocenters. The Balaban J connectivity index is 2.13. The molecule has 0 N–H and O–H groups in total. The highest BCUT2D eigenvalue weighted by Gasteiger charge is 2.30. The van der Waals surface area contributed by atoms with E-state index in [1.807, 2.05) is 0 Å². The minimum absolute atomic E-state index is 0.402. The molecule has 0 heterocycles. The molecule has 0 amide bonds. The molecule has 0 spiro atoms. The molecule has 1 aliphatic carbocycles. The van der Waals surface area contributed by atoms with Crippen LogP contribution in [-0.4, -0.2) is 19.0 Å². The first-order valence-electron chi connectivity index (χ1n) is 6.87. The van der Waals surface area contributed by atoms with Gasteiger partial charge in [-0.25, -0.2) is 0 Å². The maximum Gasteiger partial charge on any atom is 0.0530 e. The first-order valence-corrected chi connectivity index (χ1v) is 7.50. The van der Waals surface area contributed by atoms with Crippen molar-refractivity contribution in [1.82, 2.24) is 0 Å². The van der Waals surface area contributed by atoms with E-state index in [0.717, 1.165) is 24.9 Å². The lowest BCUT2D eigenvalue weighted by atomic mass is 9.76. The van der Waals surface area contributed by atoms with Gasteiger partial charge in [-0.1, -0.05) is 33.1 Å². The fraction of sp³-hybridized carbons (Fsp3) is 1.00. The second kappa shape index (κ2) is 7.60. The summed E-state index contributed by atoms with van der Waals surface area (Å²) < 4.78 is 5.87. The quantitative estimate of drug-likeness (QED) is 0.518. The summed E-state index contributed by atoms with van der Waals surface area (Å²) in [4.78, 5) is 0. The summed E-state index contributed by atoms with van der Waals surface area (Å²) in [6.45, 7) is 6.43. The van der Waals surface area contributed by atoms with E-state index in [0.29, 0.717) is 5.41 Å². The van der Waals surface area contributed by atoms with Gasteiger partial charge >= 0.3 is 0 Å². The molecule has 1 nitrogen and oxygen atoms in total. The molecule has 1 saturated carbocycles. The Labute approximate surface area is 107 Å². The second-order valence-electron chi connectivity index (χ2n) is 5.81. The van der Waals surface area contributed by atoms with Gasteiger partial charge in [-0.05, 0) is 37.4 Å². The fourth-order valence-corrected chi connectivity index (χ4v) is 2.94. The van der Waals surface area contributed by atoms with Gasteiger partial charge in [0.05, 0.1) is 6.61 Å². The van der Waals surface area contributed by atoms with Crippen molar-refractivity contribution in [3.05, 3.63) is 0 Å². The number of thiol groups is 1. The molecular weight excluding hydrogens is 216 g/mol. The van der Waals surface area contributed by atoms with E-state index in [4.69, 9.17) is 4.74 Å². The van der Waals surface area contributed by atoms with Gasteiger partial charge in [0, 0.05) is 12.0 Å². The van der Waals surface area contributed by atoms with Crippen LogP contribution in [0.4, 0.5) is 0 Å². The normalized spacial score (nSPS) is 20.2. The zero-order valence-electron chi connectivity index (χ0n) is 11.0. The molecule has 1 fully saturated rings. The Morgan fingerprint density at radius 1 is 1.19 bits per heavy atom. The van der Waals surface area contributed by atoms with E-state index >= 15 is 0 Å². The predicted octanol–water partition coefficient (Wildman–Crippen LogP) is 4.32. The van der Waals surface area contributed by atoms with Gasteiger partial charge in [-0.3, -0.25) is 0 Å². The second-order valence-corrected chi connectivity index (χ2v) is 6.12. The summed E-state index contributed by atoms with van der Waals surface area (Å²) in [6, 6.07) is 0.